The second-order valence-electron chi connectivity index (χ2n) is 5.40. The van der Waals surface area contributed by atoms with Gasteiger partial charge in [0.1, 0.15) is 5.82 Å². The van der Waals surface area contributed by atoms with Crippen LogP contribution in [0.1, 0.15) is 15.2 Å². The lowest BCUT2D eigenvalue weighted by Crippen LogP contribution is -2.48. The Morgan fingerprint density at radius 1 is 1.50 bits per heavy atom. The maximum absolute atomic E-state index is 14.2. The Hall–Kier alpha value is -2.03. The molecule has 1 fully saturated rings. The van der Waals surface area contributed by atoms with Crippen molar-refractivity contribution in [2.24, 2.45) is 0 Å². The van der Waals surface area contributed by atoms with E-state index in [1.807, 2.05) is 0 Å². The molecule has 1 aromatic heterocycles. The van der Waals surface area contributed by atoms with Crippen molar-refractivity contribution in [1.82, 2.24) is 4.90 Å². The summed E-state index contributed by atoms with van der Waals surface area (Å²) in [4.78, 5) is 25.8. The van der Waals surface area contributed by atoms with Crippen LogP contribution < -0.4 is 0 Å². The van der Waals surface area contributed by atoms with E-state index in [4.69, 9.17) is 14.6 Å². The number of nitrogens with zero attached hydrogens (tertiary/aromatic N) is 1. The monoisotopic (exact) mass is 353 g/mol. The molecule has 1 N–H and O–H groups in total. The minimum atomic E-state index is -1.10. The number of hydrogen-bond acceptors (Lipinski definition) is 5. The molecule has 1 aliphatic heterocycles. The van der Waals surface area contributed by atoms with Crippen LogP contribution in [0.25, 0.3) is 10.1 Å². The number of rotatable bonds is 4. The Morgan fingerprint density at radius 3 is 3.00 bits per heavy atom. The maximum atomic E-state index is 14.2. The Balaban J connectivity index is 1.99. The molecule has 0 spiro atoms. The van der Waals surface area contributed by atoms with E-state index >= 15 is 0 Å². The first-order chi connectivity index (χ1) is 11.5. The molecule has 2 aromatic rings. The highest BCUT2D eigenvalue weighted by atomic mass is 32.1. The summed E-state index contributed by atoms with van der Waals surface area (Å²) in [5.74, 6) is -1.83. The normalized spacial score (nSPS) is 18.1. The van der Waals surface area contributed by atoms with Crippen molar-refractivity contribution >= 4 is 33.3 Å². The number of ether oxygens (including phenoxy) is 2. The summed E-state index contributed by atoms with van der Waals surface area (Å²) in [5.41, 5.74) is 0.499. The number of amides is 1. The first kappa shape index (κ1) is 16.8. The van der Waals surface area contributed by atoms with Gasteiger partial charge in [0.05, 0.1) is 24.6 Å². The van der Waals surface area contributed by atoms with Crippen LogP contribution in [-0.4, -0.2) is 54.8 Å². The molecule has 0 saturated carbocycles. The molecule has 128 valence electrons. The van der Waals surface area contributed by atoms with E-state index < -0.39 is 17.9 Å². The molecule has 24 heavy (non-hydrogen) atoms. The number of methoxy groups -OCH3 is 1. The number of aliphatic carboxylic acids is 1. The van der Waals surface area contributed by atoms with Gasteiger partial charge < -0.3 is 19.5 Å². The van der Waals surface area contributed by atoms with Crippen molar-refractivity contribution in [3.05, 3.63) is 34.5 Å². The molecule has 1 aromatic carbocycles. The zero-order valence-corrected chi connectivity index (χ0v) is 13.8. The van der Waals surface area contributed by atoms with Crippen molar-refractivity contribution in [3.63, 3.8) is 0 Å². The number of carbonyl (C=O) groups excluding carboxylic acids is 1. The summed E-state index contributed by atoms with van der Waals surface area (Å²) >= 11 is 1.19. The van der Waals surface area contributed by atoms with Gasteiger partial charge in [0.2, 0.25) is 0 Å². The molecule has 1 amide bonds. The van der Waals surface area contributed by atoms with Crippen LogP contribution in [0.4, 0.5) is 4.39 Å². The van der Waals surface area contributed by atoms with Crippen LogP contribution in [0.2, 0.25) is 0 Å². The van der Waals surface area contributed by atoms with E-state index in [2.05, 4.69) is 0 Å². The fraction of sp³-hybridized carbons (Fsp3) is 0.375. The Bertz CT molecular complexity index is 790. The molecule has 6 nitrogen and oxygen atoms in total. The maximum Gasteiger partial charge on any atom is 0.334 e. The van der Waals surface area contributed by atoms with Gasteiger partial charge in [-0.15, -0.1) is 11.3 Å². The van der Waals surface area contributed by atoms with Gasteiger partial charge in [-0.2, -0.15) is 0 Å². The van der Waals surface area contributed by atoms with Gasteiger partial charge in [-0.25, -0.2) is 9.18 Å². The van der Waals surface area contributed by atoms with Gasteiger partial charge in [0.25, 0.3) is 5.91 Å². The predicted octanol–water partition coefficient (Wildman–Crippen LogP) is 2.11. The Kier molecular flexibility index (Phi) is 4.79. The van der Waals surface area contributed by atoms with Gasteiger partial charge in [-0.05, 0) is 12.1 Å². The molecule has 1 saturated heterocycles. The summed E-state index contributed by atoms with van der Waals surface area (Å²) in [5, 5.41) is 9.45. The molecule has 0 bridgehead atoms. The summed E-state index contributed by atoms with van der Waals surface area (Å²) in [6.45, 7) is 0.527. The van der Waals surface area contributed by atoms with Crippen LogP contribution in [0.3, 0.4) is 0 Å². The molecule has 3 rings (SSSR count). The number of thiophene rings is 1. The van der Waals surface area contributed by atoms with Crippen molar-refractivity contribution in [2.45, 2.75) is 12.7 Å². The molecule has 0 aliphatic carbocycles. The van der Waals surface area contributed by atoms with Crippen molar-refractivity contribution in [2.75, 3.05) is 26.8 Å². The number of carbonyl (C=O) groups is 2. The molecular formula is C16H16FNO5S. The molecule has 2 heterocycles. The quantitative estimate of drug-likeness (QED) is 0.911. The fourth-order valence-electron chi connectivity index (χ4n) is 2.75. The highest BCUT2D eigenvalue weighted by molar-refractivity contribution is 7.21. The number of carboxylic acids is 1. The van der Waals surface area contributed by atoms with E-state index in [9.17, 15) is 14.0 Å². The molecular weight excluding hydrogens is 337 g/mol. The first-order valence-corrected chi connectivity index (χ1v) is 8.17. The van der Waals surface area contributed by atoms with Gasteiger partial charge in [0.15, 0.2) is 6.10 Å². The highest BCUT2D eigenvalue weighted by Gasteiger charge is 2.32. The smallest absolute Gasteiger partial charge is 0.334 e. The standard InChI is InChI=1S/C16H16FNO5S/c1-22-8-9-13-10(17)3-2-4-12(13)24-14(9)15(19)18-5-6-23-11(7-18)16(20)21/h2-4,11H,5-8H2,1H3,(H,20,21)/t11-/m0/s1. The Morgan fingerprint density at radius 2 is 2.29 bits per heavy atom. The molecule has 0 unspecified atom stereocenters. The number of benzene rings is 1. The van der Waals surface area contributed by atoms with Crippen LogP contribution >= 0.6 is 11.3 Å². The van der Waals surface area contributed by atoms with Crippen molar-refractivity contribution < 1.29 is 28.6 Å². The minimum Gasteiger partial charge on any atom is -0.479 e. The number of morpholine rings is 1. The van der Waals surface area contributed by atoms with E-state index in [1.165, 1.54) is 29.4 Å². The summed E-state index contributed by atoms with van der Waals surface area (Å²) in [7, 11) is 1.48. The Labute approximate surface area is 141 Å². The summed E-state index contributed by atoms with van der Waals surface area (Å²) in [6, 6.07) is 4.68. The topological polar surface area (TPSA) is 76.1 Å². The number of halogens is 1. The third-order valence-electron chi connectivity index (χ3n) is 3.88. The van der Waals surface area contributed by atoms with E-state index in [-0.39, 0.29) is 25.7 Å². The first-order valence-electron chi connectivity index (χ1n) is 7.35. The van der Waals surface area contributed by atoms with Crippen LogP contribution in [-0.2, 0) is 20.9 Å². The average Bonchev–Trinajstić information content (AvgIpc) is 2.94. The molecule has 8 heteroatoms. The van der Waals surface area contributed by atoms with E-state index in [0.717, 1.165) is 0 Å². The van der Waals surface area contributed by atoms with Crippen molar-refractivity contribution in [3.8, 4) is 0 Å². The van der Waals surface area contributed by atoms with E-state index in [1.54, 1.807) is 12.1 Å². The van der Waals surface area contributed by atoms with Gasteiger partial charge in [-0.3, -0.25) is 4.79 Å². The molecule has 1 atom stereocenters. The number of fused-ring (bicyclic) bond motifs is 1. The largest absolute Gasteiger partial charge is 0.479 e. The third kappa shape index (κ3) is 3.00. The average molecular weight is 353 g/mol. The molecule has 1 aliphatic rings. The van der Waals surface area contributed by atoms with Crippen LogP contribution in [0, 0.1) is 5.82 Å². The van der Waals surface area contributed by atoms with Crippen LogP contribution in [0.15, 0.2) is 18.2 Å². The second kappa shape index (κ2) is 6.84. The lowest BCUT2D eigenvalue weighted by molar-refractivity contribution is -0.154. The van der Waals surface area contributed by atoms with Crippen LogP contribution in [0.5, 0.6) is 0 Å². The number of carboxylic acid groups (broad SMARTS) is 1. The van der Waals surface area contributed by atoms with Gasteiger partial charge in [0, 0.05) is 29.3 Å². The zero-order chi connectivity index (χ0) is 17.3. The summed E-state index contributed by atoms with van der Waals surface area (Å²) < 4.78 is 25.1. The fourth-order valence-corrected chi connectivity index (χ4v) is 3.94. The lowest BCUT2D eigenvalue weighted by atomic mass is 10.1. The SMILES string of the molecule is COCc1c(C(=O)N2CCO[C@H](C(=O)O)C2)sc2cccc(F)c12. The number of hydrogen-bond donors (Lipinski definition) is 1. The van der Waals surface area contributed by atoms with E-state index in [0.29, 0.717) is 27.1 Å². The van der Waals surface area contributed by atoms with Gasteiger partial charge in [-0.1, -0.05) is 6.07 Å². The van der Waals surface area contributed by atoms with Gasteiger partial charge >= 0.3 is 5.97 Å². The third-order valence-corrected chi connectivity index (χ3v) is 5.06. The highest BCUT2D eigenvalue weighted by Crippen LogP contribution is 2.34. The molecule has 0 radical (unpaired) electrons. The summed E-state index contributed by atoms with van der Waals surface area (Å²) in [6.07, 6.45) is -1.04. The lowest BCUT2D eigenvalue weighted by Gasteiger charge is -2.30. The predicted molar refractivity (Wildman–Crippen MR) is 85.8 cm³/mol. The van der Waals surface area contributed by atoms with Crippen molar-refractivity contribution in [1.29, 1.82) is 0 Å². The minimum absolute atomic E-state index is 0.0304. The second-order valence-corrected chi connectivity index (χ2v) is 6.46. The zero-order valence-electron chi connectivity index (χ0n) is 13.0.